The Bertz CT molecular complexity index is 32.7. The third-order valence-electron chi connectivity index (χ3n) is 0.314. The Hall–Kier alpha value is 0.170. The summed E-state index contributed by atoms with van der Waals surface area (Å²) in [5.41, 5.74) is 0. The van der Waals surface area contributed by atoms with Gasteiger partial charge in [0.15, 0.2) is 0 Å². The van der Waals surface area contributed by atoms with Crippen LogP contribution in [0.5, 0.6) is 0 Å². The zero-order chi connectivity index (χ0) is 4.99. The van der Waals surface area contributed by atoms with Gasteiger partial charge in [-0.05, 0) is 11.8 Å². The van der Waals surface area contributed by atoms with Gasteiger partial charge in [-0.2, -0.15) is 4.53 Å². The molecular formula is C2H7ClN2O. The van der Waals surface area contributed by atoms with Gasteiger partial charge in [0.25, 0.3) is 0 Å². The lowest BCUT2D eigenvalue weighted by Crippen LogP contribution is -2.23. The van der Waals surface area contributed by atoms with E-state index < -0.39 is 0 Å². The number of aliphatic hydroxyl groups is 1. The molecule has 0 unspecified atom stereocenters. The molecule has 0 radical (unpaired) electrons. The zero-order valence-corrected chi connectivity index (χ0v) is 4.02. The minimum Gasteiger partial charge on any atom is -0.395 e. The fourth-order valence-electron chi connectivity index (χ4n) is 0.0955. The average Bonchev–Trinajstić information content (AvgIpc) is 1.35. The molecular weight excluding hydrogens is 103 g/mol. The minimum atomic E-state index is 0. The highest BCUT2D eigenvalue weighted by atomic mass is 35.5. The summed E-state index contributed by atoms with van der Waals surface area (Å²) in [5.74, 6) is 4.84. The van der Waals surface area contributed by atoms with E-state index in [1.165, 1.54) is 0 Å². The number of hydrogen-bond acceptors (Lipinski definition) is 3. The molecule has 0 bridgehead atoms. The molecule has 0 saturated heterocycles. The summed E-state index contributed by atoms with van der Waals surface area (Å²) < 4.78 is 0.903. The van der Waals surface area contributed by atoms with E-state index in [0.717, 1.165) is 4.53 Å². The molecule has 0 aromatic heterocycles. The monoisotopic (exact) mass is 110 g/mol. The second-order valence-corrected chi connectivity index (χ2v) is 1.28. The summed E-state index contributed by atoms with van der Waals surface area (Å²) in [6, 6.07) is 0. The highest BCUT2D eigenvalue weighted by Gasteiger charge is 1.84. The number of nitrogens with two attached hydrogens (primary N) is 1. The van der Waals surface area contributed by atoms with Crippen molar-refractivity contribution in [1.29, 1.82) is 0 Å². The van der Waals surface area contributed by atoms with E-state index in [4.69, 9.17) is 22.7 Å². The predicted octanol–water partition coefficient (Wildman–Crippen LogP) is -0.692. The maximum atomic E-state index is 8.03. The largest absolute Gasteiger partial charge is 0.395 e. The molecule has 6 heavy (non-hydrogen) atoms. The molecule has 0 aromatic rings. The molecule has 3 nitrogen and oxygen atoms in total. The van der Waals surface area contributed by atoms with Gasteiger partial charge in [0, 0.05) is 0 Å². The quantitative estimate of drug-likeness (QED) is 0.281. The van der Waals surface area contributed by atoms with Crippen molar-refractivity contribution in [3.05, 3.63) is 0 Å². The van der Waals surface area contributed by atoms with Gasteiger partial charge in [-0.25, -0.2) is 0 Å². The van der Waals surface area contributed by atoms with E-state index in [-0.39, 0.29) is 6.61 Å². The summed E-state index contributed by atoms with van der Waals surface area (Å²) in [6.45, 7) is 0.307. The number of rotatable bonds is 2. The van der Waals surface area contributed by atoms with Crippen LogP contribution in [0.25, 0.3) is 0 Å². The van der Waals surface area contributed by atoms with Crippen LogP contribution in [0.1, 0.15) is 0 Å². The van der Waals surface area contributed by atoms with Crippen LogP contribution in [0.4, 0.5) is 0 Å². The van der Waals surface area contributed by atoms with Crippen molar-refractivity contribution in [2.24, 2.45) is 5.84 Å². The van der Waals surface area contributed by atoms with Crippen LogP contribution in [0.3, 0.4) is 0 Å². The molecule has 3 N–H and O–H groups in total. The summed E-state index contributed by atoms with van der Waals surface area (Å²) >= 11 is 5.03. The zero-order valence-electron chi connectivity index (χ0n) is 3.26. The number of halogens is 1. The smallest absolute Gasteiger partial charge is 0.0586 e. The maximum absolute atomic E-state index is 8.03. The summed E-state index contributed by atoms with van der Waals surface area (Å²) in [7, 11) is 0. The Morgan fingerprint density at radius 2 is 2.33 bits per heavy atom. The molecule has 0 saturated carbocycles. The van der Waals surface area contributed by atoms with Crippen LogP contribution in [0.2, 0.25) is 0 Å². The van der Waals surface area contributed by atoms with Crippen LogP contribution in [0, 0.1) is 0 Å². The van der Waals surface area contributed by atoms with Crippen molar-refractivity contribution >= 4 is 11.8 Å². The molecule has 0 fully saturated rings. The first kappa shape index (κ1) is 6.17. The first-order chi connectivity index (χ1) is 2.77. The molecule has 0 aliphatic rings. The van der Waals surface area contributed by atoms with Crippen LogP contribution in [-0.4, -0.2) is 22.8 Å². The summed E-state index contributed by atoms with van der Waals surface area (Å²) in [4.78, 5) is 0. The number of aliphatic hydroxyl groups excluding tert-OH is 1. The van der Waals surface area contributed by atoms with E-state index in [1.807, 2.05) is 0 Å². The van der Waals surface area contributed by atoms with Gasteiger partial charge >= 0.3 is 0 Å². The van der Waals surface area contributed by atoms with Crippen molar-refractivity contribution in [3.63, 3.8) is 0 Å². The third-order valence-corrected chi connectivity index (χ3v) is 0.483. The SMILES string of the molecule is NN(Cl)CCO. The summed E-state index contributed by atoms with van der Waals surface area (Å²) in [6.07, 6.45) is 0. The molecule has 0 heterocycles. The molecule has 0 aromatic carbocycles. The molecule has 0 rings (SSSR count). The third kappa shape index (κ3) is 4.17. The average molecular weight is 111 g/mol. The van der Waals surface area contributed by atoms with E-state index >= 15 is 0 Å². The molecule has 4 heteroatoms. The van der Waals surface area contributed by atoms with Gasteiger partial charge in [0.2, 0.25) is 0 Å². The van der Waals surface area contributed by atoms with Crippen LogP contribution < -0.4 is 5.84 Å². The predicted molar refractivity (Wildman–Crippen MR) is 23.8 cm³/mol. The molecule has 0 aliphatic heterocycles. The Kier molecular flexibility index (Phi) is 3.46. The lowest BCUT2D eigenvalue weighted by atomic mass is 10.7. The molecule has 0 atom stereocenters. The van der Waals surface area contributed by atoms with Gasteiger partial charge in [-0.1, -0.05) is 0 Å². The van der Waals surface area contributed by atoms with Crippen molar-refractivity contribution in [2.45, 2.75) is 0 Å². The minimum absolute atomic E-state index is 0. The lowest BCUT2D eigenvalue weighted by molar-refractivity contribution is 0.260. The molecule has 0 amide bonds. The van der Waals surface area contributed by atoms with E-state index in [2.05, 4.69) is 0 Å². The number of hydrogen-bond donors (Lipinski definition) is 2. The van der Waals surface area contributed by atoms with Crippen LogP contribution in [-0.2, 0) is 0 Å². The number of nitrogens with zero attached hydrogens (tertiary/aromatic N) is 1. The highest BCUT2D eigenvalue weighted by Crippen LogP contribution is 1.76. The fraction of sp³-hybridized carbons (Fsp3) is 1.00. The van der Waals surface area contributed by atoms with Crippen LogP contribution >= 0.6 is 11.8 Å². The maximum Gasteiger partial charge on any atom is 0.0586 e. The molecule has 38 valence electrons. The van der Waals surface area contributed by atoms with Gasteiger partial charge < -0.3 is 5.11 Å². The highest BCUT2D eigenvalue weighted by molar-refractivity contribution is 6.12. The first-order valence-electron chi connectivity index (χ1n) is 1.56. The van der Waals surface area contributed by atoms with Crippen molar-refractivity contribution in [2.75, 3.05) is 13.2 Å². The Morgan fingerprint density at radius 1 is 1.83 bits per heavy atom. The first-order valence-corrected chi connectivity index (χ1v) is 1.90. The second-order valence-electron chi connectivity index (χ2n) is 0.847. The lowest BCUT2D eigenvalue weighted by Gasteiger charge is -1.99. The number of hydrazine groups is 1. The molecule has 0 aliphatic carbocycles. The standard InChI is InChI=1S/C2H7ClN2O/c3-5(4)1-2-6/h6H,1-2,4H2. The Morgan fingerprint density at radius 3 is 2.33 bits per heavy atom. The second kappa shape index (κ2) is 3.36. The normalized spacial score (nSPS) is 10.0. The summed E-state index contributed by atoms with van der Waals surface area (Å²) in [5, 5.41) is 8.03. The van der Waals surface area contributed by atoms with Crippen molar-refractivity contribution in [1.82, 2.24) is 4.53 Å². The van der Waals surface area contributed by atoms with Gasteiger partial charge in [-0.3, -0.25) is 5.84 Å². The van der Waals surface area contributed by atoms with Crippen molar-refractivity contribution < 1.29 is 5.11 Å². The topological polar surface area (TPSA) is 49.5 Å². The van der Waals surface area contributed by atoms with Gasteiger partial charge in [-0.15, -0.1) is 0 Å². The molecule has 0 spiro atoms. The fourth-order valence-corrected chi connectivity index (χ4v) is 0.171. The Labute approximate surface area is 41.4 Å². The van der Waals surface area contributed by atoms with E-state index in [9.17, 15) is 0 Å². The van der Waals surface area contributed by atoms with Crippen molar-refractivity contribution in [3.8, 4) is 0 Å². The van der Waals surface area contributed by atoms with Gasteiger partial charge in [0.1, 0.15) is 0 Å². The van der Waals surface area contributed by atoms with Gasteiger partial charge in [0.05, 0.1) is 13.2 Å². The van der Waals surface area contributed by atoms with Crippen LogP contribution in [0.15, 0.2) is 0 Å². The Balaban J connectivity index is 2.63. The van der Waals surface area contributed by atoms with E-state index in [0.29, 0.717) is 6.54 Å². The van der Waals surface area contributed by atoms with E-state index in [1.54, 1.807) is 0 Å².